The lowest BCUT2D eigenvalue weighted by atomic mass is 10.3. The van der Waals surface area contributed by atoms with Gasteiger partial charge < -0.3 is 20.6 Å². The average molecular weight is 335 g/mol. The van der Waals surface area contributed by atoms with Crippen LogP contribution in [-0.4, -0.2) is 16.4 Å². The summed E-state index contributed by atoms with van der Waals surface area (Å²) in [7, 11) is 0. The standard InChI is InChI=1S/C11H8Cl2N2O4S/c12-5-2-1-3-6(8(5)13)14-11(17)15-7-4-20-10(19-18)9(7)16/h1-4,16,18H,(H2,14,15,17). The summed E-state index contributed by atoms with van der Waals surface area (Å²) in [4.78, 5) is 15.7. The molecule has 1 heterocycles. The molecule has 0 radical (unpaired) electrons. The van der Waals surface area contributed by atoms with Gasteiger partial charge in [-0.3, -0.25) is 0 Å². The van der Waals surface area contributed by atoms with Crippen LogP contribution in [0.5, 0.6) is 10.8 Å². The van der Waals surface area contributed by atoms with Crippen molar-refractivity contribution in [2.75, 3.05) is 10.6 Å². The van der Waals surface area contributed by atoms with E-state index in [9.17, 15) is 9.90 Å². The first-order chi connectivity index (χ1) is 9.52. The summed E-state index contributed by atoms with van der Waals surface area (Å²) in [5.74, 6) is -0.371. The van der Waals surface area contributed by atoms with Gasteiger partial charge >= 0.3 is 6.03 Å². The molecule has 0 saturated carbocycles. The maximum absolute atomic E-state index is 11.8. The summed E-state index contributed by atoms with van der Waals surface area (Å²) in [5.41, 5.74) is 0.416. The predicted molar refractivity (Wildman–Crippen MR) is 78.3 cm³/mol. The Balaban J connectivity index is 2.09. The predicted octanol–water partition coefficient (Wildman–Crippen LogP) is 4.26. The first kappa shape index (κ1) is 14.7. The SMILES string of the molecule is O=C(Nc1csc(OO)c1O)Nc1cccc(Cl)c1Cl. The number of aromatic hydroxyl groups is 1. The Bertz CT molecular complexity index is 647. The molecule has 0 fully saturated rings. The van der Waals surface area contributed by atoms with Crippen molar-refractivity contribution in [2.24, 2.45) is 0 Å². The Morgan fingerprint density at radius 1 is 1.25 bits per heavy atom. The third-order valence-corrected chi connectivity index (χ3v) is 3.92. The summed E-state index contributed by atoms with van der Waals surface area (Å²) in [6.07, 6.45) is 0. The molecule has 106 valence electrons. The highest BCUT2D eigenvalue weighted by atomic mass is 35.5. The van der Waals surface area contributed by atoms with Crippen molar-refractivity contribution in [3.05, 3.63) is 33.6 Å². The van der Waals surface area contributed by atoms with Gasteiger partial charge in [-0.15, -0.1) is 0 Å². The third kappa shape index (κ3) is 3.07. The van der Waals surface area contributed by atoms with E-state index in [0.29, 0.717) is 10.7 Å². The molecule has 0 bridgehead atoms. The van der Waals surface area contributed by atoms with E-state index in [0.717, 1.165) is 11.3 Å². The van der Waals surface area contributed by atoms with Gasteiger partial charge in [-0.2, -0.15) is 0 Å². The minimum atomic E-state index is -0.633. The van der Waals surface area contributed by atoms with Crippen LogP contribution >= 0.6 is 34.5 Å². The van der Waals surface area contributed by atoms with Gasteiger partial charge in [0.15, 0.2) is 5.75 Å². The van der Waals surface area contributed by atoms with E-state index < -0.39 is 6.03 Å². The van der Waals surface area contributed by atoms with E-state index in [2.05, 4.69) is 15.5 Å². The molecular formula is C11H8Cl2N2O4S. The number of nitrogens with one attached hydrogen (secondary N) is 2. The average Bonchev–Trinajstić information content (AvgIpc) is 2.76. The summed E-state index contributed by atoms with van der Waals surface area (Å²) >= 11 is 12.7. The van der Waals surface area contributed by atoms with Crippen LogP contribution in [0.4, 0.5) is 16.2 Å². The number of thiophene rings is 1. The Hall–Kier alpha value is -1.67. The quantitative estimate of drug-likeness (QED) is 0.498. The van der Waals surface area contributed by atoms with Crippen LogP contribution < -0.4 is 15.5 Å². The molecule has 0 aliphatic heterocycles. The third-order valence-electron chi connectivity index (χ3n) is 2.26. The van der Waals surface area contributed by atoms with Crippen LogP contribution in [0.1, 0.15) is 0 Å². The molecule has 2 rings (SSSR count). The Morgan fingerprint density at radius 3 is 2.60 bits per heavy atom. The molecule has 1 aromatic heterocycles. The Labute approximate surface area is 127 Å². The second-order valence-electron chi connectivity index (χ2n) is 3.56. The fraction of sp³-hybridized carbons (Fsp3) is 0. The first-order valence-corrected chi connectivity index (χ1v) is 6.80. The fourth-order valence-electron chi connectivity index (χ4n) is 1.36. The Kier molecular flexibility index (Phi) is 4.56. The molecule has 0 spiro atoms. The smallest absolute Gasteiger partial charge is 0.323 e. The van der Waals surface area contributed by atoms with Crippen LogP contribution in [-0.2, 0) is 0 Å². The van der Waals surface area contributed by atoms with Crippen molar-refractivity contribution in [1.82, 2.24) is 0 Å². The number of anilines is 2. The summed E-state index contributed by atoms with van der Waals surface area (Å²) in [6, 6.07) is 4.15. The molecule has 0 aliphatic rings. The van der Waals surface area contributed by atoms with E-state index in [4.69, 9.17) is 28.5 Å². The molecule has 2 amide bonds. The van der Waals surface area contributed by atoms with Crippen molar-refractivity contribution < 1.29 is 20.0 Å². The molecular weight excluding hydrogens is 327 g/mol. The lowest BCUT2D eigenvalue weighted by molar-refractivity contribution is -0.135. The van der Waals surface area contributed by atoms with Crippen molar-refractivity contribution in [1.29, 1.82) is 0 Å². The second-order valence-corrected chi connectivity index (χ2v) is 5.18. The van der Waals surface area contributed by atoms with Gasteiger partial charge in [-0.1, -0.05) is 40.6 Å². The van der Waals surface area contributed by atoms with Crippen LogP contribution in [0.2, 0.25) is 10.0 Å². The number of carbonyl (C=O) groups excluding carboxylic acids is 1. The highest BCUT2D eigenvalue weighted by Crippen LogP contribution is 2.40. The number of rotatable bonds is 3. The van der Waals surface area contributed by atoms with E-state index >= 15 is 0 Å². The zero-order chi connectivity index (χ0) is 14.7. The van der Waals surface area contributed by atoms with Crippen molar-refractivity contribution in [3.63, 3.8) is 0 Å². The normalized spacial score (nSPS) is 10.2. The van der Waals surface area contributed by atoms with Gasteiger partial charge in [-0.05, 0) is 12.1 Å². The first-order valence-electron chi connectivity index (χ1n) is 5.16. The molecule has 0 saturated heterocycles. The molecule has 1 aromatic carbocycles. The molecule has 20 heavy (non-hydrogen) atoms. The Morgan fingerprint density at radius 2 is 1.95 bits per heavy atom. The van der Waals surface area contributed by atoms with Crippen LogP contribution in [0.25, 0.3) is 0 Å². The molecule has 0 atom stereocenters. The number of carbonyl (C=O) groups is 1. The second kappa shape index (κ2) is 6.19. The maximum Gasteiger partial charge on any atom is 0.323 e. The minimum Gasteiger partial charge on any atom is -0.502 e. The molecule has 0 unspecified atom stereocenters. The van der Waals surface area contributed by atoms with Gasteiger partial charge in [0.25, 0.3) is 5.06 Å². The van der Waals surface area contributed by atoms with Crippen molar-refractivity contribution >= 4 is 51.9 Å². The minimum absolute atomic E-state index is 0.0923. The number of benzene rings is 1. The van der Waals surface area contributed by atoms with Crippen molar-refractivity contribution in [2.45, 2.75) is 0 Å². The lowest BCUT2D eigenvalue weighted by Crippen LogP contribution is -2.19. The summed E-state index contributed by atoms with van der Waals surface area (Å²) in [6.45, 7) is 0. The number of halogens is 2. The lowest BCUT2D eigenvalue weighted by Gasteiger charge is -2.09. The van der Waals surface area contributed by atoms with Crippen LogP contribution in [0.15, 0.2) is 23.6 Å². The van der Waals surface area contributed by atoms with Gasteiger partial charge in [-0.25, -0.2) is 10.1 Å². The van der Waals surface area contributed by atoms with Gasteiger partial charge in [0.2, 0.25) is 0 Å². The molecule has 6 nitrogen and oxygen atoms in total. The molecule has 9 heteroatoms. The maximum atomic E-state index is 11.8. The highest BCUT2D eigenvalue weighted by molar-refractivity contribution is 7.12. The monoisotopic (exact) mass is 334 g/mol. The zero-order valence-corrected chi connectivity index (χ0v) is 12.0. The summed E-state index contributed by atoms with van der Waals surface area (Å²) in [5, 5.41) is 24.7. The summed E-state index contributed by atoms with van der Waals surface area (Å²) < 4.78 is 0. The zero-order valence-electron chi connectivity index (χ0n) is 9.68. The van der Waals surface area contributed by atoms with E-state index in [1.165, 1.54) is 5.38 Å². The molecule has 2 aromatic rings. The topological polar surface area (TPSA) is 90.8 Å². The van der Waals surface area contributed by atoms with Gasteiger partial charge in [0, 0.05) is 5.38 Å². The van der Waals surface area contributed by atoms with E-state index in [1.807, 2.05) is 0 Å². The number of urea groups is 1. The molecule has 0 aliphatic carbocycles. The molecule has 4 N–H and O–H groups in total. The van der Waals surface area contributed by atoms with Crippen LogP contribution in [0.3, 0.4) is 0 Å². The van der Waals surface area contributed by atoms with Gasteiger partial charge in [0.1, 0.15) is 0 Å². The number of amides is 2. The van der Waals surface area contributed by atoms with Gasteiger partial charge in [0.05, 0.1) is 21.4 Å². The highest BCUT2D eigenvalue weighted by Gasteiger charge is 2.15. The fourth-order valence-corrected chi connectivity index (χ4v) is 2.37. The number of hydrogen-bond acceptors (Lipinski definition) is 5. The van der Waals surface area contributed by atoms with E-state index in [-0.39, 0.29) is 21.5 Å². The number of hydrogen-bond donors (Lipinski definition) is 4. The van der Waals surface area contributed by atoms with E-state index in [1.54, 1.807) is 18.2 Å². The van der Waals surface area contributed by atoms with Crippen molar-refractivity contribution in [3.8, 4) is 10.8 Å². The largest absolute Gasteiger partial charge is 0.502 e. The van der Waals surface area contributed by atoms with Crippen LogP contribution in [0, 0.1) is 0 Å².